The fourth-order valence-electron chi connectivity index (χ4n) is 3.26. The van der Waals surface area contributed by atoms with Gasteiger partial charge in [0.05, 0.1) is 0 Å². The molecule has 3 rings (SSSR count). The molecule has 1 aromatic rings. The Hall–Kier alpha value is -1.42. The van der Waals surface area contributed by atoms with E-state index in [1.807, 2.05) is 6.07 Å². The van der Waals surface area contributed by atoms with Crippen molar-refractivity contribution in [2.24, 2.45) is 0 Å². The van der Waals surface area contributed by atoms with Crippen LogP contribution in [0.2, 0.25) is 0 Å². The molecule has 0 saturated heterocycles. The molecule has 1 fully saturated rings. The van der Waals surface area contributed by atoms with Gasteiger partial charge >= 0.3 is 0 Å². The van der Waals surface area contributed by atoms with E-state index in [0.29, 0.717) is 17.5 Å². The molecular formula is C16H23NO3. The first-order chi connectivity index (χ1) is 9.78. The van der Waals surface area contributed by atoms with Gasteiger partial charge in [-0.05, 0) is 25.5 Å². The van der Waals surface area contributed by atoms with Crippen LogP contribution in [0.25, 0.3) is 0 Å². The largest absolute Gasteiger partial charge is 0.507 e. The maximum Gasteiger partial charge on any atom is 0.231 e. The van der Waals surface area contributed by atoms with Gasteiger partial charge in [0.15, 0.2) is 11.5 Å². The fraction of sp³-hybridized carbons (Fsp3) is 0.625. The van der Waals surface area contributed by atoms with Crippen LogP contribution in [0.5, 0.6) is 17.2 Å². The second-order valence-corrected chi connectivity index (χ2v) is 5.69. The summed E-state index contributed by atoms with van der Waals surface area (Å²) in [6.07, 6.45) is 6.57. The van der Waals surface area contributed by atoms with Gasteiger partial charge in [-0.25, -0.2) is 0 Å². The van der Waals surface area contributed by atoms with Gasteiger partial charge in [0.1, 0.15) is 5.75 Å². The minimum Gasteiger partial charge on any atom is -0.507 e. The molecule has 1 saturated carbocycles. The molecule has 20 heavy (non-hydrogen) atoms. The predicted octanol–water partition coefficient (Wildman–Crippen LogP) is 3.28. The number of phenolic OH excluding ortho intramolecular Hbond substituents is 1. The molecule has 0 aromatic heterocycles. The smallest absolute Gasteiger partial charge is 0.231 e. The van der Waals surface area contributed by atoms with Crippen molar-refractivity contribution in [3.05, 3.63) is 17.7 Å². The lowest BCUT2D eigenvalue weighted by Gasteiger charge is -2.33. The Labute approximate surface area is 120 Å². The lowest BCUT2D eigenvalue weighted by atomic mass is 9.94. The van der Waals surface area contributed by atoms with Crippen LogP contribution in [-0.2, 0) is 6.54 Å². The molecule has 0 radical (unpaired) electrons. The Balaban J connectivity index is 1.75. The summed E-state index contributed by atoms with van der Waals surface area (Å²) < 4.78 is 10.7. The number of hydrogen-bond donors (Lipinski definition) is 1. The van der Waals surface area contributed by atoms with Crippen LogP contribution in [-0.4, -0.2) is 29.4 Å². The number of benzene rings is 1. The summed E-state index contributed by atoms with van der Waals surface area (Å²) >= 11 is 0. The minimum atomic E-state index is 0.248. The van der Waals surface area contributed by atoms with Gasteiger partial charge in [-0.1, -0.05) is 26.2 Å². The van der Waals surface area contributed by atoms with Gasteiger partial charge in [-0.3, -0.25) is 4.90 Å². The monoisotopic (exact) mass is 277 g/mol. The van der Waals surface area contributed by atoms with Crippen LogP contribution in [0.4, 0.5) is 0 Å². The average molecular weight is 277 g/mol. The van der Waals surface area contributed by atoms with E-state index in [9.17, 15) is 5.11 Å². The molecule has 0 amide bonds. The summed E-state index contributed by atoms with van der Waals surface area (Å²) in [7, 11) is 0. The Bertz CT molecular complexity index is 469. The standard InChI is InChI=1S/C16H23NO3/c1-2-17(13-6-4-3-5-7-13)10-12-8-15-16(9-14(12)18)20-11-19-15/h8-9,13,18H,2-7,10-11H2,1H3. The third kappa shape index (κ3) is 2.70. The van der Waals surface area contributed by atoms with E-state index in [0.717, 1.165) is 24.4 Å². The van der Waals surface area contributed by atoms with Gasteiger partial charge in [-0.2, -0.15) is 0 Å². The van der Waals surface area contributed by atoms with Crippen molar-refractivity contribution in [3.63, 3.8) is 0 Å². The molecule has 1 N–H and O–H groups in total. The maximum atomic E-state index is 10.2. The summed E-state index contributed by atoms with van der Waals surface area (Å²) in [5, 5.41) is 10.2. The Morgan fingerprint density at radius 3 is 2.55 bits per heavy atom. The lowest BCUT2D eigenvalue weighted by Crippen LogP contribution is -2.36. The van der Waals surface area contributed by atoms with E-state index in [1.165, 1.54) is 32.1 Å². The van der Waals surface area contributed by atoms with Crippen LogP contribution < -0.4 is 9.47 Å². The molecule has 1 aliphatic carbocycles. The molecule has 4 heteroatoms. The Morgan fingerprint density at radius 2 is 1.85 bits per heavy atom. The van der Waals surface area contributed by atoms with E-state index < -0.39 is 0 Å². The lowest BCUT2D eigenvalue weighted by molar-refractivity contribution is 0.154. The summed E-state index contributed by atoms with van der Waals surface area (Å²) in [6.45, 7) is 4.24. The number of rotatable bonds is 4. The third-order valence-electron chi connectivity index (χ3n) is 4.44. The van der Waals surface area contributed by atoms with Crippen molar-refractivity contribution in [1.29, 1.82) is 0 Å². The molecule has 0 spiro atoms. The van der Waals surface area contributed by atoms with Crippen LogP contribution >= 0.6 is 0 Å². The normalized spacial score (nSPS) is 18.7. The Morgan fingerprint density at radius 1 is 1.15 bits per heavy atom. The minimum absolute atomic E-state index is 0.248. The highest BCUT2D eigenvalue weighted by Crippen LogP contribution is 2.38. The topological polar surface area (TPSA) is 41.9 Å². The first-order valence-electron chi connectivity index (χ1n) is 7.63. The fourth-order valence-corrected chi connectivity index (χ4v) is 3.26. The molecule has 0 atom stereocenters. The summed E-state index contributed by atoms with van der Waals surface area (Å²) in [5.41, 5.74) is 0.932. The summed E-state index contributed by atoms with van der Waals surface area (Å²) in [4.78, 5) is 2.47. The first kappa shape index (κ1) is 13.6. The quantitative estimate of drug-likeness (QED) is 0.917. The van der Waals surface area contributed by atoms with E-state index in [2.05, 4.69) is 11.8 Å². The molecule has 1 aromatic carbocycles. The SMILES string of the molecule is CCN(Cc1cc2c(cc1O)OCO2)C1CCCCC1. The molecule has 110 valence electrons. The molecular weight excluding hydrogens is 254 g/mol. The van der Waals surface area contributed by atoms with Crippen molar-refractivity contribution in [1.82, 2.24) is 4.90 Å². The van der Waals surface area contributed by atoms with Gasteiger partial charge in [0.25, 0.3) is 0 Å². The second kappa shape index (κ2) is 5.92. The number of nitrogens with zero attached hydrogens (tertiary/aromatic N) is 1. The first-order valence-corrected chi connectivity index (χ1v) is 7.63. The van der Waals surface area contributed by atoms with Gasteiger partial charge in [0, 0.05) is 24.2 Å². The van der Waals surface area contributed by atoms with Crippen molar-refractivity contribution < 1.29 is 14.6 Å². The Kier molecular flexibility index (Phi) is 4.01. The zero-order chi connectivity index (χ0) is 13.9. The highest BCUT2D eigenvalue weighted by atomic mass is 16.7. The summed E-state index contributed by atoms with van der Waals surface area (Å²) in [5.74, 6) is 1.70. The van der Waals surface area contributed by atoms with E-state index in [-0.39, 0.29) is 6.79 Å². The highest BCUT2D eigenvalue weighted by Gasteiger charge is 2.23. The molecule has 1 aliphatic heterocycles. The summed E-state index contributed by atoms with van der Waals surface area (Å²) in [6, 6.07) is 4.24. The van der Waals surface area contributed by atoms with Crippen LogP contribution in [0.3, 0.4) is 0 Å². The van der Waals surface area contributed by atoms with Crippen molar-refractivity contribution in [2.45, 2.75) is 51.6 Å². The van der Waals surface area contributed by atoms with Crippen LogP contribution in [0.15, 0.2) is 12.1 Å². The number of ether oxygens (including phenoxy) is 2. The van der Waals surface area contributed by atoms with Crippen LogP contribution in [0, 0.1) is 0 Å². The van der Waals surface area contributed by atoms with Gasteiger partial charge in [0.2, 0.25) is 6.79 Å². The number of hydrogen-bond acceptors (Lipinski definition) is 4. The molecule has 0 bridgehead atoms. The van der Waals surface area contributed by atoms with E-state index >= 15 is 0 Å². The number of phenols is 1. The molecule has 4 nitrogen and oxygen atoms in total. The van der Waals surface area contributed by atoms with Crippen molar-refractivity contribution in [3.8, 4) is 17.2 Å². The molecule has 2 aliphatic rings. The van der Waals surface area contributed by atoms with Crippen molar-refractivity contribution >= 4 is 0 Å². The predicted molar refractivity (Wildman–Crippen MR) is 77.2 cm³/mol. The van der Waals surface area contributed by atoms with Crippen molar-refractivity contribution in [2.75, 3.05) is 13.3 Å². The van der Waals surface area contributed by atoms with Gasteiger partial charge < -0.3 is 14.6 Å². The van der Waals surface area contributed by atoms with E-state index in [1.54, 1.807) is 6.07 Å². The highest BCUT2D eigenvalue weighted by molar-refractivity contribution is 5.51. The van der Waals surface area contributed by atoms with E-state index in [4.69, 9.17) is 9.47 Å². The van der Waals surface area contributed by atoms with Crippen LogP contribution in [0.1, 0.15) is 44.6 Å². The third-order valence-corrected chi connectivity index (χ3v) is 4.44. The zero-order valence-corrected chi connectivity index (χ0v) is 12.1. The average Bonchev–Trinajstić information content (AvgIpc) is 2.92. The second-order valence-electron chi connectivity index (χ2n) is 5.69. The van der Waals surface area contributed by atoms with Gasteiger partial charge in [-0.15, -0.1) is 0 Å². The molecule has 0 unspecified atom stereocenters. The maximum absolute atomic E-state index is 10.2. The number of fused-ring (bicyclic) bond motifs is 1. The number of aromatic hydroxyl groups is 1. The zero-order valence-electron chi connectivity index (χ0n) is 12.1. The molecule has 1 heterocycles.